The molecule has 0 bridgehead atoms. The summed E-state index contributed by atoms with van der Waals surface area (Å²) >= 11 is 0. The number of aromatic nitrogens is 2. The molecule has 1 fully saturated rings. The Kier molecular flexibility index (Phi) is 4.38. The first-order valence-corrected chi connectivity index (χ1v) is 7.18. The Balaban J connectivity index is 1.94. The van der Waals surface area contributed by atoms with E-state index in [1.807, 2.05) is 0 Å². The summed E-state index contributed by atoms with van der Waals surface area (Å²) in [5.41, 5.74) is 6.03. The Morgan fingerprint density at radius 3 is 2.78 bits per heavy atom. The van der Waals surface area contributed by atoms with Crippen LogP contribution in [0, 0.1) is 11.8 Å². The molecular formula is C14H25N3O. The smallest absolute Gasteiger partial charge is 0.228 e. The van der Waals surface area contributed by atoms with Crippen molar-refractivity contribution in [2.45, 2.75) is 64.8 Å². The van der Waals surface area contributed by atoms with Gasteiger partial charge in [0.05, 0.1) is 0 Å². The first-order valence-electron chi connectivity index (χ1n) is 7.18. The highest BCUT2D eigenvalue weighted by Crippen LogP contribution is 2.38. The van der Waals surface area contributed by atoms with E-state index in [1.54, 1.807) is 0 Å². The van der Waals surface area contributed by atoms with E-state index in [2.05, 4.69) is 30.9 Å². The first kappa shape index (κ1) is 13.5. The van der Waals surface area contributed by atoms with Crippen molar-refractivity contribution >= 4 is 0 Å². The summed E-state index contributed by atoms with van der Waals surface area (Å²) in [5, 5.41) is 4.14. The van der Waals surface area contributed by atoms with Gasteiger partial charge in [0.2, 0.25) is 5.89 Å². The average Bonchev–Trinajstić information content (AvgIpc) is 2.96. The van der Waals surface area contributed by atoms with Crippen molar-refractivity contribution < 1.29 is 4.52 Å². The van der Waals surface area contributed by atoms with E-state index in [4.69, 9.17) is 10.3 Å². The Morgan fingerprint density at radius 2 is 2.17 bits per heavy atom. The molecule has 0 radical (unpaired) electrons. The standard InChI is InChI=1S/C14H25N3O/c1-4-10-5-6-11(7-10)14-16-13(18-17-14)8-12(15)9(2)3/h9-12H,4-8,15H2,1-3H3. The van der Waals surface area contributed by atoms with E-state index in [9.17, 15) is 0 Å². The number of nitrogens with zero attached hydrogens (tertiary/aromatic N) is 2. The molecule has 2 N–H and O–H groups in total. The highest BCUT2D eigenvalue weighted by atomic mass is 16.5. The third-order valence-corrected chi connectivity index (χ3v) is 4.23. The largest absolute Gasteiger partial charge is 0.339 e. The van der Waals surface area contributed by atoms with Gasteiger partial charge >= 0.3 is 0 Å². The SMILES string of the molecule is CCC1CCC(c2noc(CC(N)C(C)C)n2)C1. The van der Waals surface area contributed by atoms with Crippen molar-refractivity contribution in [1.82, 2.24) is 10.1 Å². The van der Waals surface area contributed by atoms with Crippen LogP contribution in [-0.2, 0) is 6.42 Å². The van der Waals surface area contributed by atoms with Gasteiger partial charge in [0.1, 0.15) is 0 Å². The van der Waals surface area contributed by atoms with Gasteiger partial charge in [-0.05, 0) is 31.1 Å². The molecule has 4 nitrogen and oxygen atoms in total. The molecule has 1 aromatic rings. The molecule has 2 rings (SSSR count). The van der Waals surface area contributed by atoms with Crippen LogP contribution in [0.5, 0.6) is 0 Å². The van der Waals surface area contributed by atoms with Gasteiger partial charge in [-0.25, -0.2) is 0 Å². The molecular weight excluding hydrogens is 226 g/mol. The van der Waals surface area contributed by atoms with E-state index >= 15 is 0 Å². The van der Waals surface area contributed by atoms with Crippen molar-refractivity contribution in [2.24, 2.45) is 17.6 Å². The summed E-state index contributed by atoms with van der Waals surface area (Å²) in [6, 6.07) is 0.102. The van der Waals surface area contributed by atoms with Gasteiger partial charge < -0.3 is 10.3 Å². The second-order valence-electron chi connectivity index (χ2n) is 5.94. The van der Waals surface area contributed by atoms with Crippen molar-refractivity contribution in [3.8, 4) is 0 Å². The molecule has 0 spiro atoms. The minimum absolute atomic E-state index is 0.102. The van der Waals surface area contributed by atoms with Crippen LogP contribution in [0.1, 0.15) is 64.1 Å². The molecule has 3 unspecified atom stereocenters. The van der Waals surface area contributed by atoms with Crippen molar-refractivity contribution in [3.63, 3.8) is 0 Å². The maximum Gasteiger partial charge on any atom is 0.228 e. The number of hydrogen-bond donors (Lipinski definition) is 1. The Morgan fingerprint density at radius 1 is 1.39 bits per heavy atom. The van der Waals surface area contributed by atoms with Gasteiger partial charge in [-0.3, -0.25) is 0 Å². The van der Waals surface area contributed by atoms with Crippen LogP contribution in [0.15, 0.2) is 4.52 Å². The van der Waals surface area contributed by atoms with E-state index in [0.29, 0.717) is 24.1 Å². The zero-order valence-corrected chi connectivity index (χ0v) is 11.7. The molecule has 0 aliphatic heterocycles. The molecule has 18 heavy (non-hydrogen) atoms. The van der Waals surface area contributed by atoms with Gasteiger partial charge in [0, 0.05) is 18.4 Å². The van der Waals surface area contributed by atoms with Gasteiger partial charge in [-0.2, -0.15) is 4.98 Å². The third kappa shape index (κ3) is 3.10. The van der Waals surface area contributed by atoms with Crippen LogP contribution in [0.4, 0.5) is 0 Å². The maximum atomic E-state index is 6.03. The predicted molar refractivity (Wildman–Crippen MR) is 71.2 cm³/mol. The van der Waals surface area contributed by atoms with Crippen molar-refractivity contribution in [1.29, 1.82) is 0 Å². The molecule has 102 valence electrons. The van der Waals surface area contributed by atoms with Gasteiger partial charge in [0.25, 0.3) is 0 Å². The number of nitrogens with two attached hydrogens (primary N) is 1. The molecule has 1 heterocycles. The molecule has 0 saturated heterocycles. The molecule has 1 saturated carbocycles. The summed E-state index contributed by atoms with van der Waals surface area (Å²) in [7, 11) is 0. The number of hydrogen-bond acceptors (Lipinski definition) is 4. The topological polar surface area (TPSA) is 64.9 Å². The lowest BCUT2D eigenvalue weighted by atomic mass is 10.0. The Labute approximate surface area is 109 Å². The Hall–Kier alpha value is -0.900. The molecule has 1 aliphatic carbocycles. The maximum absolute atomic E-state index is 6.03. The minimum atomic E-state index is 0.102. The predicted octanol–water partition coefficient (Wildman–Crippen LogP) is 2.89. The van der Waals surface area contributed by atoms with Crippen LogP contribution in [0.25, 0.3) is 0 Å². The fourth-order valence-corrected chi connectivity index (χ4v) is 2.63. The van der Waals surface area contributed by atoms with E-state index < -0.39 is 0 Å². The highest BCUT2D eigenvalue weighted by Gasteiger charge is 2.28. The molecule has 0 amide bonds. The van der Waals surface area contributed by atoms with Crippen molar-refractivity contribution in [3.05, 3.63) is 11.7 Å². The molecule has 3 atom stereocenters. The van der Waals surface area contributed by atoms with Crippen molar-refractivity contribution in [2.75, 3.05) is 0 Å². The molecule has 4 heteroatoms. The quantitative estimate of drug-likeness (QED) is 0.874. The third-order valence-electron chi connectivity index (χ3n) is 4.23. The van der Waals surface area contributed by atoms with Crippen LogP contribution >= 0.6 is 0 Å². The minimum Gasteiger partial charge on any atom is -0.339 e. The normalized spacial score (nSPS) is 25.8. The van der Waals surface area contributed by atoms with Crippen LogP contribution in [0.3, 0.4) is 0 Å². The van der Waals surface area contributed by atoms with E-state index in [1.165, 1.54) is 25.7 Å². The Bertz CT molecular complexity index is 375. The summed E-state index contributed by atoms with van der Waals surface area (Å²) in [6.45, 7) is 6.49. The average molecular weight is 251 g/mol. The summed E-state index contributed by atoms with van der Waals surface area (Å²) < 4.78 is 5.33. The van der Waals surface area contributed by atoms with Crippen LogP contribution in [0.2, 0.25) is 0 Å². The molecule has 0 aromatic carbocycles. The lowest BCUT2D eigenvalue weighted by molar-refractivity contribution is 0.347. The summed E-state index contributed by atoms with van der Waals surface area (Å²) in [4.78, 5) is 4.53. The zero-order chi connectivity index (χ0) is 13.1. The van der Waals surface area contributed by atoms with Crippen LogP contribution in [-0.4, -0.2) is 16.2 Å². The van der Waals surface area contributed by atoms with E-state index in [-0.39, 0.29) is 6.04 Å². The number of rotatable bonds is 5. The van der Waals surface area contributed by atoms with Crippen LogP contribution < -0.4 is 5.73 Å². The second kappa shape index (κ2) is 5.83. The summed E-state index contributed by atoms with van der Waals surface area (Å²) in [5.74, 6) is 3.39. The first-order chi connectivity index (χ1) is 8.60. The second-order valence-corrected chi connectivity index (χ2v) is 5.94. The fraction of sp³-hybridized carbons (Fsp3) is 0.857. The molecule has 1 aliphatic rings. The molecule has 1 aromatic heterocycles. The lowest BCUT2D eigenvalue weighted by Crippen LogP contribution is -2.28. The fourth-order valence-electron chi connectivity index (χ4n) is 2.63. The lowest BCUT2D eigenvalue weighted by Gasteiger charge is -2.12. The van der Waals surface area contributed by atoms with E-state index in [0.717, 1.165) is 11.7 Å². The van der Waals surface area contributed by atoms with Gasteiger partial charge in [-0.1, -0.05) is 32.3 Å². The summed E-state index contributed by atoms with van der Waals surface area (Å²) in [6.07, 6.45) is 5.67. The monoisotopic (exact) mass is 251 g/mol. The highest BCUT2D eigenvalue weighted by molar-refractivity contribution is 5.00. The van der Waals surface area contributed by atoms with Gasteiger partial charge in [0.15, 0.2) is 5.82 Å². The zero-order valence-electron chi connectivity index (χ0n) is 11.7. The van der Waals surface area contributed by atoms with Gasteiger partial charge in [-0.15, -0.1) is 0 Å².